The van der Waals surface area contributed by atoms with Crippen LogP contribution in [0.2, 0.25) is 0 Å². The second kappa shape index (κ2) is 7.26. The molecule has 0 aromatic heterocycles. The molecule has 0 aliphatic heterocycles. The number of nitrogens with two attached hydrogens (primary N) is 1. The zero-order valence-electron chi connectivity index (χ0n) is 11.3. The van der Waals surface area contributed by atoms with Crippen LogP contribution in [0.25, 0.3) is 0 Å². The van der Waals surface area contributed by atoms with E-state index < -0.39 is 20.8 Å². The molecule has 0 spiro atoms. The van der Waals surface area contributed by atoms with Gasteiger partial charge in [0, 0.05) is 34.4 Å². The second-order valence-corrected chi connectivity index (χ2v) is 8.13. The van der Waals surface area contributed by atoms with Crippen molar-refractivity contribution in [1.29, 1.82) is 0 Å². The van der Waals surface area contributed by atoms with E-state index in [1.807, 2.05) is 0 Å². The van der Waals surface area contributed by atoms with Gasteiger partial charge in [-0.05, 0) is 19.4 Å². The fourth-order valence-electron chi connectivity index (χ4n) is 1.63. The van der Waals surface area contributed by atoms with Gasteiger partial charge in [-0.1, -0.05) is 30.4 Å². The first-order valence-electron chi connectivity index (χ1n) is 5.95. The Balaban J connectivity index is 2.94. The lowest BCUT2D eigenvalue weighted by Gasteiger charge is -2.15. The summed E-state index contributed by atoms with van der Waals surface area (Å²) in [6.07, 6.45) is 2.08. The van der Waals surface area contributed by atoms with E-state index in [1.165, 1.54) is 6.07 Å². The number of benzene rings is 1. The van der Waals surface area contributed by atoms with Gasteiger partial charge in [-0.15, -0.1) is 0 Å². The van der Waals surface area contributed by atoms with E-state index in [2.05, 4.69) is 4.72 Å². The van der Waals surface area contributed by atoms with Gasteiger partial charge >= 0.3 is 0 Å². The van der Waals surface area contributed by atoms with Crippen LogP contribution >= 0.6 is 12.2 Å². The van der Waals surface area contributed by atoms with Crippen LogP contribution in [-0.4, -0.2) is 35.7 Å². The van der Waals surface area contributed by atoms with Crippen LogP contribution in [0.4, 0.5) is 0 Å². The number of hydrogen-bond acceptors (Lipinski definition) is 4. The predicted octanol–water partition coefficient (Wildman–Crippen LogP) is 0.756. The number of nitrogens with one attached hydrogen (secondary N) is 1. The van der Waals surface area contributed by atoms with E-state index in [0.29, 0.717) is 17.7 Å². The van der Waals surface area contributed by atoms with Crippen LogP contribution in [0.1, 0.15) is 18.9 Å². The largest absolute Gasteiger partial charge is 0.389 e. The summed E-state index contributed by atoms with van der Waals surface area (Å²) < 4.78 is 38.2. The van der Waals surface area contributed by atoms with Crippen LogP contribution in [0.5, 0.6) is 0 Å². The summed E-state index contributed by atoms with van der Waals surface area (Å²) in [7, 11) is -4.65. The Morgan fingerprint density at radius 2 is 2.05 bits per heavy atom. The minimum atomic E-state index is -3.70. The summed E-state index contributed by atoms with van der Waals surface area (Å²) in [6.45, 7) is 1.73. The Kier molecular flexibility index (Phi) is 6.25. The third-order valence-corrected chi connectivity index (χ3v) is 5.31. The van der Waals surface area contributed by atoms with Crippen molar-refractivity contribution in [3.63, 3.8) is 0 Å². The zero-order chi connectivity index (χ0) is 15.3. The van der Waals surface area contributed by atoms with Crippen molar-refractivity contribution >= 4 is 38.0 Å². The smallest absolute Gasteiger partial charge is 0.241 e. The summed E-state index contributed by atoms with van der Waals surface area (Å²) in [5, 5.41) is 0. The lowest BCUT2D eigenvalue weighted by atomic mass is 10.2. The van der Waals surface area contributed by atoms with Crippen molar-refractivity contribution in [2.45, 2.75) is 24.3 Å². The molecule has 0 heterocycles. The molecule has 2 unspecified atom stereocenters. The molecule has 5 nitrogen and oxygen atoms in total. The molecular weight excluding hydrogens is 316 g/mol. The van der Waals surface area contributed by atoms with E-state index in [4.69, 9.17) is 18.0 Å². The van der Waals surface area contributed by atoms with Gasteiger partial charge in [0.2, 0.25) is 10.0 Å². The molecule has 3 N–H and O–H groups in total. The minimum absolute atomic E-state index is 0.0355. The van der Waals surface area contributed by atoms with Crippen LogP contribution in [-0.2, 0) is 20.8 Å². The third kappa shape index (κ3) is 4.93. The SMILES string of the molecule is CC(CCS(C)=O)NS(=O)(=O)c1ccccc1C(N)=S. The number of thiocarbonyl (C=S) groups is 1. The molecule has 1 aromatic rings. The molecule has 0 aliphatic rings. The molecule has 0 amide bonds. The first kappa shape index (κ1) is 17.2. The molecule has 112 valence electrons. The molecule has 2 atom stereocenters. The first-order valence-corrected chi connectivity index (χ1v) is 9.57. The van der Waals surface area contributed by atoms with Crippen molar-refractivity contribution in [3.05, 3.63) is 29.8 Å². The zero-order valence-corrected chi connectivity index (χ0v) is 13.8. The fraction of sp³-hybridized carbons (Fsp3) is 0.417. The van der Waals surface area contributed by atoms with E-state index in [1.54, 1.807) is 31.4 Å². The molecule has 20 heavy (non-hydrogen) atoms. The highest BCUT2D eigenvalue weighted by atomic mass is 32.2. The molecule has 1 aromatic carbocycles. The summed E-state index contributed by atoms with van der Waals surface area (Å²) in [4.78, 5) is 0.102. The van der Waals surface area contributed by atoms with Gasteiger partial charge in [-0.3, -0.25) is 4.21 Å². The van der Waals surface area contributed by atoms with Gasteiger partial charge in [0.15, 0.2) is 0 Å². The average Bonchev–Trinajstić information content (AvgIpc) is 2.36. The third-order valence-electron chi connectivity index (χ3n) is 2.64. The lowest BCUT2D eigenvalue weighted by molar-refractivity contribution is 0.555. The normalized spacial score (nSPS) is 14.7. The molecular formula is C12H18N2O3S3. The van der Waals surface area contributed by atoms with Crippen LogP contribution < -0.4 is 10.5 Å². The van der Waals surface area contributed by atoms with Gasteiger partial charge in [0.05, 0.1) is 4.90 Å². The van der Waals surface area contributed by atoms with Crippen LogP contribution in [0.15, 0.2) is 29.2 Å². The first-order chi connectivity index (χ1) is 9.24. The molecule has 0 saturated carbocycles. The van der Waals surface area contributed by atoms with E-state index in [-0.39, 0.29) is 15.9 Å². The van der Waals surface area contributed by atoms with Gasteiger partial charge in [-0.2, -0.15) is 0 Å². The molecule has 0 radical (unpaired) electrons. The van der Waals surface area contributed by atoms with Crippen molar-refractivity contribution < 1.29 is 12.6 Å². The van der Waals surface area contributed by atoms with Crippen LogP contribution in [0, 0.1) is 0 Å². The molecule has 0 saturated heterocycles. The van der Waals surface area contributed by atoms with Crippen molar-refractivity contribution in [2.75, 3.05) is 12.0 Å². The Labute approximate surface area is 127 Å². The molecule has 0 fully saturated rings. The monoisotopic (exact) mass is 334 g/mol. The minimum Gasteiger partial charge on any atom is -0.389 e. The second-order valence-electron chi connectivity index (χ2n) is 4.45. The van der Waals surface area contributed by atoms with E-state index >= 15 is 0 Å². The number of rotatable bonds is 7. The molecule has 0 bridgehead atoms. The van der Waals surface area contributed by atoms with Crippen molar-refractivity contribution in [2.24, 2.45) is 5.73 Å². The van der Waals surface area contributed by atoms with Gasteiger partial charge in [0.25, 0.3) is 0 Å². The highest BCUT2D eigenvalue weighted by Gasteiger charge is 2.21. The Bertz CT molecular complexity index is 614. The average molecular weight is 334 g/mol. The molecule has 1 rings (SSSR count). The Morgan fingerprint density at radius 1 is 1.45 bits per heavy atom. The maximum atomic E-state index is 12.3. The molecule has 8 heteroatoms. The standard InChI is InChI=1S/C12H18N2O3S3/c1-9(7-8-19(2)15)14-20(16,17)11-6-4-3-5-10(11)12(13)18/h3-6,9,14H,7-8H2,1-2H3,(H2,13,18). The topological polar surface area (TPSA) is 89.3 Å². The predicted molar refractivity (Wildman–Crippen MR) is 85.7 cm³/mol. The van der Waals surface area contributed by atoms with Gasteiger partial charge in [0.1, 0.15) is 4.99 Å². The Morgan fingerprint density at radius 3 is 2.60 bits per heavy atom. The van der Waals surface area contributed by atoms with Crippen molar-refractivity contribution in [1.82, 2.24) is 4.72 Å². The highest BCUT2D eigenvalue weighted by molar-refractivity contribution is 7.89. The number of sulfonamides is 1. The maximum absolute atomic E-state index is 12.3. The van der Waals surface area contributed by atoms with Gasteiger partial charge in [-0.25, -0.2) is 13.1 Å². The van der Waals surface area contributed by atoms with Gasteiger partial charge < -0.3 is 5.73 Å². The lowest BCUT2D eigenvalue weighted by Crippen LogP contribution is -2.34. The van der Waals surface area contributed by atoms with Crippen LogP contribution in [0.3, 0.4) is 0 Å². The van der Waals surface area contributed by atoms with E-state index in [0.717, 1.165) is 0 Å². The van der Waals surface area contributed by atoms with Crippen molar-refractivity contribution in [3.8, 4) is 0 Å². The number of hydrogen-bond donors (Lipinski definition) is 2. The summed E-state index contributed by atoms with van der Waals surface area (Å²) in [6, 6.07) is 6.01. The maximum Gasteiger partial charge on any atom is 0.241 e. The molecule has 0 aliphatic carbocycles. The summed E-state index contributed by atoms with van der Waals surface area (Å²) in [5.41, 5.74) is 5.86. The summed E-state index contributed by atoms with van der Waals surface area (Å²) >= 11 is 4.86. The fourth-order valence-corrected chi connectivity index (χ4v) is 4.06. The Hall–Kier alpha value is -0.830. The quantitative estimate of drug-likeness (QED) is 0.719. The van der Waals surface area contributed by atoms with E-state index in [9.17, 15) is 12.6 Å². The highest BCUT2D eigenvalue weighted by Crippen LogP contribution is 2.16. The summed E-state index contributed by atoms with van der Waals surface area (Å²) in [5.74, 6) is 0.445.